The fourth-order valence-electron chi connectivity index (χ4n) is 8.53. The van der Waals surface area contributed by atoms with E-state index in [1.54, 1.807) is 27.0 Å². The molecule has 0 N–H and O–H groups in total. The number of rotatable bonds is 6. The van der Waals surface area contributed by atoms with Crippen molar-refractivity contribution in [2.24, 2.45) is 0 Å². The molecule has 10 rings (SSSR count). The predicted molar refractivity (Wildman–Crippen MR) is 289 cm³/mol. The van der Waals surface area contributed by atoms with Gasteiger partial charge in [0.1, 0.15) is 0 Å². The van der Waals surface area contributed by atoms with Crippen LogP contribution < -0.4 is 27.0 Å². The number of thiophene rings is 3. The van der Waals surface area contributed by atoms with E-state index in [2.05, 4.69) is 225 Å². The molecule has 0 aliphatic heterocycles. The third kappa shape index (κ3) is 7.91. The SMILES string of the molecule is C[Si](C)(C)c1sc([Si](C)(C)C)c2c3ccc(cc3)c3c([Si](C)(C)C)sc([Si](C)(C)C)c3c3ccc(cc3)c3c([Si](C)(C)C)sc([Si](C)(C)C)c3c3ccc(cc3)c12. The quantitative estimate of drug-likeness (QED) is 0.146. The predicted octanol–water partition coefficient (Wildman–Crippen LogP) is 13.7. The van der Waals surface area contributed by atoms with E-state index in [4.69, 9.17) is 0 Å². The number of benzene rings is 3. The van der Waals surface area contributed by atoms with Crippen molar-refractivity contribution in [3.8, 4) is 0 Å². The van der Waals surface area contributed by atoms with E-state index in [0.29, 0.717) is 0 Å². The first-order valence-corrected chi connectivity index (χ1v) is 44.4. The van der Waals surface area contributed by atoms with E-state index in [-0.39, 0.29) is 0 Å². The molecule has 3 aromatic heterocycles. The molecule has 0 aliphatic carbocycles. The van der Waals surface area contributed by atoms with E-state index in [1.807, 2.05) is 0 Å². The molecule has 0 atom stereocenters. The Bertz CT molecular complexity index is 2290. The number of hydrogen-bond acceptors (Lipinski definition) is 3. The van der Waals surface area contributed by atoms with Gasteiger partial charge in [0.15, 0.2) is 0 Å². The molecule has 0 spiro atoms. The average Bonchev–Trinajstić information content (AvgIpc) is 3.80. The molecule has 9 heteroatoms. The molecule has 6 bridgehead atoms. The van der Waals surface area contributed by atoms with Crippen molar-refractivity contribution in [1.82, 2.24) is 0 Å². The van der Waals surface area contributed by atoms with Crippen LogP contribution in [0.1, 0.15) is 0 Å². The van der Waals surface area contributed by atoms with Crippen molar-refractivity contribution in [2.75, 3.05) is 0 Å². The lowest BCUT2D eigenvalue weighted by molar-refractivity contribution is 1.79. The summed E-state index contributed by atoms with van der Waals surface area (Å²) in [5.74, 6) is 0. The van der Waals surface area contributed by atoms with Crippen LogP contribution in [0.4, 0.5) is 0 Å². The Kier molecular flexibility index (Phi) is 10.9. The van der Waals surface area contributed by atoms with Crippen LogP contribution in [0.2, 0.25) is 118 Å². The van der Waals surface area contributed by atoms with Gasteiger partial charge < -0.3 is 0 Å². The summed E-state index contributed by atoms with van der Waals surface area (Å²) in [6.07, 6.45) is 0. The standard InChI is InChI=1S/C48H66S3Si6/c1-52(2,3)43-37-31-19-21-33(22-20-31)39-41(47(56(13,14)15)50-45(39)54(7,8)9)35-27-29-36(30-28-35)42-40(46(55(10,11)12)51-48(42)57(16,17)18)34-25-23-32(24-26-34)38(37)44(49-43)53(4,5)6/h19-30H,1-18H3. The van der Waals surface area contributed by atoms with Gasteiger partial charge in [-0.25, -0.2) is 0 Å². The largest absolute Gasteiger partial charge is 0.153 e. The minimum atomic E-state index is -1.71. The maximum atomic E-state index is 2.56. The maximum Gasteiger partial charge on any atom is 0.0912 e. The Balaban J connectivity index is 1.86. The van der Waals surface area contributed by atoms with Crippen molar-refractivity contribution in [1.29, 1.82) is 0 Å². The Morgan fingerprint density at radius 2 is 0.316 bits per heavy atom. The normalized spacial score (nSPS) is 13.8. The molecule has 0 radical (unpaired) electrons. The van der Waals surface area contributed by atoms with Gasteiger partial charge in [-0.05, 0) is 91.6 Å². The molecule has 10 aromatic rings. The highest BCUT2D eigenvalue weighted by molar-refractivity contribution is 7.39. The van der Waals surface area contributed by atoms with Gasteiger partial charge in [-0.2, -0.15) is 34.0 Å². The molecule has 0 saturated heterocycles. The third-order valence-corrected chi connectivity index (χ3v) is 36.2. The van der Waals surface area contributed by atoms with E-state index in [1.165, 1.54) is 64.6 Å². The minimum Gasteiger partial charge on any atom is -0.153 e. The van der Waals surface area contributed by atoms with Crippen molar-refractivity contribution < 1.29 is 0 Å². The van der Waals surface area contributed by atoms with Gasteiger partial charge in [0.05, 0.1) is 48.4 Å². The summed E-state index contributed by atoms with van der Waals surface area (Å²) < 4.78 is 9.93. The lowest BCUT2D eigenvalue weighted by Crippen LogP contribution is -2.38. The molecular formula is C48H66S3Si6. The summed E-state index contributed by atoms with van der Waals surface area (Å²) >= 11 is 6.50. The molecule has 0 amide bonds. The lowest BCUT2D eigenvalue weighted by atomic mass is 10.0. The molecule has 0 nitrogen and oxygen atoms in total. The van der Waals surface area contributed by atoms with Gasteiger partial charge in [-0.15, -0.1) is 0 Å². The van der Waals surface area contributed by atoms with Crippen LogP contribution in [0.3, 0.4) is 0 Å². The molecule has 57 heavy (non-hydrogen) atoms. The molecule has 0 unspecified atom stereocenters. The van der Waals surface area contributed by atoms with E-state index < -0.39 is 48.4 Å². The average molecular weight is 908 g/mol. The Morgan fingerprint density at radius 3 is 0.404 bits per heavy atom. The highest BCUT2D eigenvalue weighted by atomic mass is 32.1. The van der Waals surface area contributed by atoms with Crippen molar-refractivity contribution in [2.45, 2.75) is 118 Å². The highest BCUT2D eigenvalue weighted by Gasteiger charge is 2.33. The fourth-order valence-corrected chi connectivity index (χ4v) is 27.3. The monoisotopic (exact) mass is 906 g/mol. The topological polar surface area (TPSA) is 0 Å². The first kappa shape index (κ1) is 43.2. The summed E-state index contributed by atoms with van der Waals surface area (Å²) in [4.78, 5) is 0. The van der Waals surface area contributed by atoms with Crippen LogP contribution >= 0.6 is 34.0 Å². The van der Waals surface area contributed by atoms with Gasteiger partial charge in [0, 0.05) is 0 Å². The van der Waals surface area contributed by atoms with Crippen LogP contribution in [0.25, 0.3) is 64.6 Å². The molecule has 0 fully saturated rings. The zero-order chi connectivity index (χ0) is 42.0. The first-order chi connectivity index (χ1) is 26.1. The zero-order valence-electron chi connectivity index (χ0n) is 38.2. The van der Waals surface area contributed by atoms with Crippen LogP contribution in [0.15, 0.2) is 72.8 Å². The van der Waals surface area contributed by atoms with E-state index >= 15 is 0 Å². The molecule has 0 aliphatic rings. The van der Waals surface area contributed by atoms with E-state index in [0.717, 1.165) is 0 Å². The smallest absolute Gasteiger partial charge is 0.0912 e. The first-order valence-electron chi connectivity index (χ1n) is 20.9. The van der Waals surface area contributed by atoms with Gasteiger partial charge in [0.2, 0.25) is 0 Å². The summed E-state index contributed by atoms with van der Waals surface area (Å²) in [5, 5.41) is 17.4. The van der Waals surface area contributed by atoms with Crippen LogP contribution in [-0.2, 0) is 0 Å². The van der Waals surface area contributed by atoms with Crippen molar-refractivity contribution in [3.05, 3.63) is 72.8 Å². The second-order valence-electron chi connectivity index (χ2n) is 22.8. The molecular weight excluding hydrogens is 841 g/mol. The van der Waals surface area contributed by atoms with E-state index in [9.17, 15) is 0 Å². The van der Waals surface area contributed by atoms with Crippen LogP contribution in [0.5, 0.6) is 0 Å². The summed E-state index contributed by atoms with van der Waals surface area (Å²) in [6.45, 7) is 46.1. The Labute approximate surface area is 361 Å². The van der Waals surface area contributed by atoms with Gasteiger partial charge in [0.25, 0.3) is 0 Å². The molecule has 3 heterocycles. The Hall–Kier alpha value is -1.94. The summed E-state index contributed by atoms with van der Waals surface area (Å²) in [7, 11) is -10.2. The fraction of sp³-hybridized carbons (Fsp3) is 0.375. The Morgan fingerprint density at radius 1 is 0.211 bits per heavy atom. The maximum absolute atomic E-state index is 2.56. The number of hydrogen-bond donors (Lipinski definition) is 0. The van der Waals surface area contributed by atoms with Crippen molar-refractivity contribution in [3.63, 3.8) is 0 Å². The highest BCUT2D eigenvalue weighted by Crippen LogP contribution is 2.35. The zero-order valence-corrected chi connectivity index (χ0v) is 46.6. The minimum absolute atomic E-state index is 1.39. The van der Waals surface area contributed by atoms with Gasteiger partial charge >= 0.3 is 0 Å². The molecule has 300 valence electrons. The second-order valence-corrected chi connectivity index (χ2v) is 58.0. The number of fused-ring (bicyclic) bond motifs is 3. The summed E-state index contributed by atoms with van der Waals surface area (Å²) in [5.41, 5.74) is 0. The third-order valence-electron chi connectivity index (χ3n) is 11.2. The van der Waals surface area contributed by atoms with Crippen molar-refractivity contribution >= 4 is 174 Å². The molecule has 7 aromatic carbocycles. The summed E-state index contributed by atoms with van der Waals surface area (Å²) in [6, 6.07) is 30.0. The molecule has 0 saturated carbocycles. The second kappa shape index (κ2) is 14.3. The van der Waals surface area contributed by atoms with Gasteiger partial charge in [-0.3, -0.25) is 0 Å². The lowest BCUT2D eigenvalue weighted by Gasteiger charge is -2.16. The van der Waals surface area contributed by atoms with Crippen LogP contribution in [-0.4, -0.2) is 48.4 Å². The van der Waals surface area contributed by atoms with Gasteiger partial charge in [-0.1, -0.05) is 191 Å². The van der Waals surface area contributed by atoms with Crippen LogP contribution in [0, 0.1) is 0 Å².